The molecule has 0 saturated heterocycles. The third-order valence-electron chi connectivity index (χ3n) is 4.78. The van der Waals surface area contributed by atoms with E-state index in [4.69, 9.17) is 14.2 Å². The molecular formula is C25H42O6. The van der Waals surface area contributed by atoms with Gasteiger partial charge in [0.05, 0.1) is 0 Å². The smallest absolute Gasteiger partial charge is 0.306 e. The molecule has 0 aliphatic heterocycles. The van der Waals surface area contributed by atoms with Crippen molar-refractivity contribution in [1.82, 2.24) is 0 Å². The minimum Gasteiger partial charge on any atom is -0.462 e. The van der Waals surface area contributed by atoms with Gasteiger partial charge in [-0.1, -0.05) is 50.7 Å². The van der Waals surface area contributed by atoms with Crippen LogP contribution in [-0.2, 0) is 28.6 Å². The number of hydrogen-bond acceptors (Lipinski definition) is 6. The highest BCUT2D eigenvalue weighted by atomic mass is 16.6. The number of ether oxygens (including phenoxy) is 3. The van der Waals surface area contributed by atoms with Gasteiger partial charge in [-0.3, -0.25) is 14.4 Å². The van der Waals surface area contributed by atoms with E-state index in [2.05, 4.69) is 13.2 Å². The van der Waals surface area contributed by atoms with Crippen LogP contribution in [0.25, 0.3) is 0 Å². The van der Waals surface area contributed by atoms with E-state index in [0.717, 1.165) is 77.0 Å². The van der Waals surface area contributed by atoms with Crippen molar-refractivity contribution >= 4 is 17.9 Å². The first kappa shape index (κ1) is 28.9. The van der Waals surface area contributed by atoms with Gasteiger partial charge in [-0.25, -0.2) is 0 Å². The van der Waals surface area contributed by atoms with Crippen molar-refractivity contribution < 1.29 is 28.6 Å². The Balaban J connectivity index is 4.07. The van der Waals surface area contributed by atoms with Crippen LogP contribution < -0.4 is 0 Å². The number of carbonyl (C=O) groups is 3. The first-order valence-corrected chi connectivity index (χ1v) is 11.7. The van der Waals surface area contributed by atoms with Gasteiger partial charge in [0.1, 0.15) is 13.2 Å². The fourth-order valence-electron chi connectivity index (χ4n) is 3.01. The maximum absolute atomic E-state index is 12.1. The van der Waals surface area contributed by atoms with Gasteiger partial charge in [0.2, 0.25) is 0 Å². The molecule has 178 valence electrons. The molecule has 0 bridgehead atoms. The van der Waals surface area contributed by atoms with Crippen LogP contribution in [0.1, 0.15) is 96.8 Å². The van der Waals surface area contributed by atoms with Crippen LogP contribution in [0.2, 0.25) is 0 Å². The molecule has 0 rings (SSSR count). The highest BCUT2D eigenvalue weighted by Gasteiger charge is 2.18. The molecule has 0 radical (unpaired) electrons. The van der Waals surface area contributed by atoms with E-state index >= 15 is 0 Å². The molecule has 0 N–H and O–H groups in total. The Morgan fingerprint density at radius 3 is 1.65 bits per heavy atom. The van der Waals surface area contributed by atoms with E-state index in [9.17, 15) is 14.4 Å². The standard InChI is InChI=1S/C25H42O6/c1-4-6-8-10-12-14-16-18-24(27)30-21-23(20-29-22(3)26)31-25(28)19-17-15-13-11-9-7-5-2/h4-5,23H,1-2,6-21H2,3H3. The predicted octanol–water partition coefficient (Wildman–Crippen LogP) is 5.84. The molecule has 31 heavy (non-hydrogen) atoms. The van der Waals surface area contributed by atoms with E-state index in [1.807, 2.05) is 12.2 Å². The van der Waals surface area contributed by atoms with Crippen molar-refractivity contribution in [2.45, 2.75) is 103 Å². The Labute approximate surface area is 188 Å². The van der Waals surface area contributed by atoms with E-state index < -0.39 is 12.1 Å². The summed E-state index contributed by atoms with van der Waals surface area (Å²) < 4.78 is 15.5. The van der Waals surface area contributed by atoms with Gasteiger partial charge in [-0.15, -0.1) is 13.2 Å². The Bertz CT molecular complexity index is 514. The van der Waals surface area contributed by atoms with Gasteiger partial charge in [0, 0.05) is 19.8 Å². The molecule has 0 aromatic carbocycles. The maximum Gasteiger partial charge on any atom is 0.306 e. The molecule has 0 aliphatic rings. The van der Waals surface area contributed by atoms with E-state index in [0.29, 0.717) is 12.8 Å². The summed E-state index contributed by atoms with van der Waals surface area (Å²) in [6.07, 6.45) is 15.9. The molecule has 1 unspecified atom stereocenters. The van der Waals surface area contributed by atoms with Gasteiger partial charge in [0.25, 0.3) is 0 Å². The third-order valence-corrected chi connectivity index (χ3v) is 4.78. The van der Waals surface area contributed by atoms with Gasteiger partial charge >= 0.3 is 17.9 Å². The van der Waals surface area contributed by atoms with Crippen LogP contribution in [0.5, 0.6) is 0 Å². The fourth-order valence-corrected chi connectivity index (χ4v) is 3.01. The Hall–Kier alpha value is -2.11. The Morgan fingerprint density at radius 2 is 1.13 bits per heavy atom. The minimum atomic E-state index is -0.771. The molecule has 6 nitrogen and oxygen atoms in total. The molecule has 6 heteroatoms. The molecular weight excluding hydrogens is 396 g/mol. The number of hydrogen-bond donors (Lipinski definition) is 0. The molecule has 0 aliphatic carbocycles. The van der Waals surface area contributed by atoms with Crippen molar-refractivity contribution in [1.29, 1.82) is 0 Å². The van der Waals surface area contributed by atoms with Crippen LogP contribution >= 0.6 is 0 Å². The molecule has 0 spiro atoms. The number of carbonyl (C=O) groups excluding carboxylic acids is 3. The second-order valence-electron chi connectivity index (χ2n) is 7.79. The van der Waals surface area contributed by atoms with Gasteiger partial charge < -0.3 is 14.2 Å². The molecule has 0 aromatic heterocycles. The average Bonchev–Trinajstić information content (AvgIpc) is 2.74. The number of esters is 3. The summed E-state index contributed by atoms with van der Waals surface area (Å²) in [5, 5.41) is 0. The fraction of sp³-hybridized carbons (Fsp3) is 0.720. The lowest BCUT2D eigenvalue weighted by Gasteiger charge is -2.17. The zero-order valence-corrected chi connectivity index (χ0v) is 19.4. The van der Waals surface area contributed by atoms with E-state index in [-0.39, 0.29) is 25.2 Å². The quantitative estimate of drug-likeness (QED) is 0.0970. The van der Waals surface area contributed by atoms with Crippen LogP contribution in [0.15, 0.2) is 25.3 Å². The Morgan fingerprint density at radius 1 is 0.677 bits per heavy atom. The number of unbranched alkanes of at least 4 members (excludes halogenated alkanes) is 10. The van der Waals surface area contributed by atoms with Crippen molar-refractivity contribution in [3.05, 3.63) is 25.3 Å². The lowest BCUT2D eigenvalue weighted by molar-refractivity contribution is -0.166. The lowest BCUT2D eigenvalue weighted by atomic mass is 10.1. The highest BCUT2D eigenvalue weighted by molar-refractivity contribution is 5.70. The molecule has 0 heterocycles. The second-order valence-corrected chi connectivity index (χ2v) is 7.79. The molecule has 0 aromatic rings. The van der Waals surface area contributed by atoms with Crippen molar-refractivity contribution in [2.24, 2.45) is 0 Å². The van der Waals surface area contributed by atoms with Crippen LogP contribution in [-0.4, -0.2) is 37.2 Å². The lowest BCUT2D eigenvalue weighted by Crippen LogP contribution is -2.30. The SMILES string of the molecule is C=CCCCCCCCC(=O)OCC(COC(C)=O)OC(=O)CCCCCCCC=C. The van der Waals surface area contributed by atoms with Crippen molar-refractivity contribution in [2.75, 3.05) is 13.2 Å². The first-order chi connectivity index (χ1) is 15.0. The minimum absolute atomic E-state index is 0.0985. The molecule has 0 fully saturated rings. The van der Waals surface area contributed by atoms with Crippen molar-refractivity contribution in [3.8, 4) is 0 Å². The van der Waals surface area contributed by atoms with Crippen molar-refractivity contribution in [3.63, 3.8) is 0 Å². The van der Waals surface area contributed by atoms with Gasteiger partial charge in [-0.2, -0.15) is 0 Å². The third kappa shape index (κ3) is 20.9. The largest absolute Gasteiger partial charge is 0.462 e. The summed E-state index contributed by atoms with van der Waals surface area (Å²) in [6.45, 7) is 8.48. The van der Waals surface area contributed by atoms with Gasteiger partial charge in [-0.05, 0) is 38.5 Å². The summed E-state index contributed by atoms with van der Waals surface area (Å²) >= 11 is 0. The number of allylic oxidation sites excluding steroid dienone is 2. The monoisotopic (exact) mass is 438 g/mol. The maximum atomic E-state index is 12.1. The van der Waals surface area contributed by atoms with E-state index in [1.54, 1.807) is 0 Å². The summed E-state index contributed by atoms with van der Waals surface area (Å²) in [5.74, 6) is -1.16. The first-order valence-electron chi connectivity index (χ1n) is 11.7. The molecule has 1 atom stereocenters. The number of rotatable bonds is 21. The highest BCUT2D eigenvalue weighted by Crippen LogP contribution is 2.10. The average molecular weight is 439 g/mol. The van der Waals surface area contributed by atoms with Gasteiger partial charge in [0.15, 0.2) is 6.10 Å². The van der Waals surface area contributed by atoms with Crippen LogP contribution in [0, 0.1) is 0 Å². The second kappa shape index (κ2) is 21.1. The summed E-state index contributed by atoms with van der Waals surface area (Å²) in [5.41, 5.74) is 0. The summed E-state index contributed by atoms with van der Waals surface area (Å²) in [7, 11) is 0. The Kier molecular flexibility index (Phi) is 19.7. The zero-order chi connectivity index (χ0) is 23.2. The van der Waals surface area contributed by atoms with Crippen LogP contribution in [0.3, 0.4) is 0 Å². The summed E-state index contributed by atoms with van der Waals surface area (Å²) in [6, 6.07) is 0. The topological polar surface area (TPSA) is 78.9 Å². The summed E-state index contributed by atoms with van der Waals surface area (Å²) in [4.78, 5) is 35.1. The zero-order valence-electron chi connectivity index (χ0n) is 19.4. The normalized spacial score (nSPS) is 11.4. The van der Waals surface area contributed by atoms with E-state index in [1.165, 1.54) is 6.92 Å². The molecule has 0 amide bonds. The molecule has 0 saturated carbocycles. The van der Waals surface area contributed by atoms with Crippen LogP contribution in [0.4, 0.5) is 0 Å². The predicted molar refractivity (Wildman–Crippen MR) is 123 cm³/mol.